The van der Waals surface area contributed by atoms with Crippen molar-refractivity contribution in [3.63, 3.8) is 0 Å². The Hall–Kier alpha value is -1.05. The van der Waals surface area contributed by atoms with E-state index in [1.54, 1.807) is 6.26 Å². The molecule has 2 heteroatoms. The van der Waals surface area contributed by atoms with Gasteiger partial charge in [-0.2, -0.15) is 0 Å². The fourth-order valence-electron chi connectivity index (χ4n) is 0.766. The molecule has 48 valence electrons. The molecule has 0 fully saturated rings. The van der Waals surface area contributed by atoms with Crippen LogP contribution in [0.5, 0.6) is 0 Å². The second-order valence-corrected chi connectivity index (χ2v) is 1.81. The first kappa shape index (κ1) is 6.08. The SMILES string of the molecule is CCc1ccoc1C=N. The van der Waals surface area contributed by atoms with Crippen LogP contribution in [0, 0.1) is 5.41 Å². The van der Waals surface area contributed by atoms with Gasteiger partial charge in [0.1, 0.15) is 5.76 Å². The lowest BCUT2D eigenvalue weighted by atomic mass is 10.2. The van der Waals surface area contributed by atoms with E-state index in [-0.39, 0.29) is 0 Å². The molecule has 0 aliphatic carbocycles. The van der Waals surface area contributed by atoms with Gasteiger partial charge in [-0.15, -0.1) is 0 Å². The van der Waals surface area contributed by atoms with Crippen LogP contribution in [-0.2, 0) is 6.42 Å². The Morgan fingerprint density at radius 3 is 3.00 bits per heavy atom. The van der Waals surface area contributed by atoms with E-state index < -0.39 is 0 Å². The number of hydrogen-bond acceptors (Lipinski definition) is 2. The molecule has 0 atom stereocenters. The minimum Gasteiger partial charge on any atom is -0.463 e. The minimum absolute atomic E-state index is 0.678. The molecule has 0 aliphatic rings. The highest BCUT2D eigenvalue weighted by molar-refractivity contribution is 5.75. The van der Waals surface area contributed by atoms with E-state index in [9.17, 15) is 0 Å². The zero-order valence-electron chi connectivity index (χ0n) is 5.35. The van der Waals surface area contributed by atoms with Crippen LogP contribution in [0.25, 0.3) is 0 Å². The third kappa shape index (κ3) is 1.02. The van der Waals surface area contributed by atoms with Crippen LogP contribution < -0.4 is 0 Å². The predicted molar refractivity (Wildman–Crippen MR) is 36.0 cm³/mol. The molecule has 0 radical (unpaired) electrons. The molecule has 9 heavy (non-hydrogen) atoms. The zero-order valence-corrected chi connectivity index (χ0v) is 5.35. The molecular formula is C7H9NO. The van der Waals surface area contributed by atoms with E-state index in [0.29, 0.717) is 5.76 Å². The van der Waals surface area contributed by atoms with Crippen molar-refractivity contribution in [2.45, 2.75) is 13.3 Å². The maximum Gasteiger partial charge on any atom is 0.147 e. The summed E-state index contributed by atoms with van der Waals surface area (Å²) in [5, 5.41) is 6.89. The van der Waals surface area contributed by atoms with Gasteiger partial charge in [-0.05, 0) is 18.1 Å². The number of aryl methyl sites for hydroxylation is 1. The summed E-state index contributed by atoms with van der Waals surface area (Å²) in [7, 11) is 0. The molecule has 0 saturated carbocycles. The minimum atomic E-state index is 0.678. The van der Waals surface area contributed by atoms with Crippen LogP contribution in [0.2, 0.25) is 0 Å². The lowest BCUT2D eigenvalue weighted by Crippen LogP contribution is -1.81. The van der Waals surface area contributed by atoms with Gasteiger partial charge < -0.3 is 9.83 Å². The Labute approximate surface area is 54.0 Å². The van der Waals surface area contributed by atoms with Crippen molar-refractivity contribution in [2.24, 2.45) is 0 Å². The number of furan rings is 1. The summed E-state index contributed by atoms with van der Waals surface area (Å²) in [6.07, 6.45) is 3.78. The molecule has 0 aliphatic heterocycles. The summed E-state index contributed by atoms with van der Waals surface area (Å²) in [6, 6.07) is 1.89. The molecule has 0 amide bonds. The summed E-state index contributed by atoms with van der Waals surface area (Å²) in [6.45, 7) is 2.04. The molecule has 1 N–H and O–H groups in total. The van der Waals surface area contributed by atoms with Crippen molar-refractivity contribution in [1.29, 1.82) is 5.41 Å². The van der Waals surface area contributed by atoms with Crippen LogP contribution in [0.3, 0.4) is 0 Å². The third-order valence-electron chi connectivity index (χ3n) is 1.29. The van der Waals surface area contributed by atoms with Crippen LogP contribution in [-0.4, -0.2) is 6.21 Å². The van der Waals surface area contributed by atoms with Crippen LogP contribution in [0.1, 0.15) is 18.2 Å². The van der Waals surface area contributed by atoms with Gasteiger partial charge >= 0.3 is 0 Å². The molecule has 1 rings (SSSR count). The van der Waals surface area contributed by atoms with E-state index in [0.717, 1.165) is 12.0 Å². The molecule has 2 nitrogen and oxygen atoms in total. The first-order chi connectivity index (χ1) is 4.38. The molecule has 0 spiro atoms. The Balaban J connectivity index is 2.98. The van der Waals surface area contributed by atoms with Gasteiger partial charge in [-0.1, -0.05) is 6.92 Å². The topological polar surface area (TPSA) is 37.0 Å². The number of nitrogens with one attached hydrogen (secondary N) is 1. The van der Waals surface area contributed by atoms with Crippen molar-refractivity contribution in [3.05, 3.63) is 23.7 Å². The second-order valence-electron chi connectivity index (χ2n) is 1.81. The summed E-state index contributed by atoms with van der Waals surface area (Å²) in [4.78, 5) is 0. The van der Waals surface area contributed by atoms with Gasteiger partial charge in [0.05, 0.1) is 12.5 Å². The van der Waals surface area contributed by atoms with Crippen molar-refractivity contribution in [2.75, 3.05) is 0 Å². The average Bonchev–Trinajstić information content (AvgIpc) is 2.33. The molecule has 0 unspecified atom stereocenters. The highest BCUT2D eigenvalue weighted by Crippen LogP contribution is 2.07. The Morgan fingerprint density at radius 1 is 1.78 bits per heavy atom. The molecule has 1 aromatic rings. The van der Waals surface area contributed by atoms with Crippen molar-refractivity contribution in [3.8, 4) is 0 Å². The quantitative estimate of drug-likeness (QED) is 0.598. The fraction of sp³-hybridized carbons (Fsp3) is 0.286. The lowest BCUT2D eigenvalue weighted by Gasteiger charge is -1.87. The molecule has 0 bridgehead atoms. The normalized spacial score (nSPS) is 9.44. The maximum atomic E-state index is 6.89. The lowest BCUT2D eigenvalue weighted by molar-refractivity contribution is 0.556. The molecule has 0 saturated heterocycles. The maximum absolute atomic E-state index is 6.89. The van der Waals surface area contributed by atoms with Gasteiger partial charge in [0, 0.05) is 0 Å². The zero-order chi connectivity index (χ0) is 6.69. The Kier molecular flexibility index (Phi) is 1.68. The third-order valence-corrected chi connectivity index (χ3v) is 1.29. The van der Waals surface area contributed by atoms with Gasteiger partial charge in [0.15, 0.2) is 0 Å². The molecule has 1 aromatic heterocycles. The van der Waals surface area contributed by atoms with Crippen molar-refractivity contribution < 1.29 is 4.42 Å². The van der Waals surface area contributed by atoms with E-state index >= 15 is 0 Å². The van der Waals surface area contributed by atoms with Crippen molar-refractivity contribution in [1.82, 2.24) is 0 Å². The highest BCUT2D eigenvalue weighted by Gasteiger charge is 1.97. The monoisotopic (exact) mass is 123 g/mol. The van der Waals surface area contributed by atoms with Gasteiger partial charge in [0.25, 0.3) is 0 Å². The molecule has 1 heterocycles. The van der Waals surface area contributed by atoms with Gasteiger partial charge in [-0.25, -0.2) is 0 Å². The Morgan fingerprint density at radius 2 is 2.56 bits per heavy atom. The van der Waals surface area contributed by atoms with E-state index in [1.165, 1.54) is 6.21 Å². The standard InChI is InChI=1S/C7H9NO/c1-2-6-3-4-9-7(6)5-8/h3-5,8H,2H2,1H3. The number of hydrogen-bond donors (Lipinski definition) is 1. The second kappa shape index (κ2) is 2.49. The first-order valence-electron chi connectivity index (χ1n) is 2.95. The molecule has 0 aromatic carbocycles. The van der Waals surface area contributed by atoms with E-state index in [2.05, 4.69) is 0 Å². The summed E-state index contributed by atoms with van der Waals surface area (Å²) in [5.41, 5.74) is 1.10. The summed E-state index contributed by atoms with van der Waals surface area (Å²) in [5.74, 6) is 0.678. The van der Waals surface area contributed by atoms with E-state index in [4.69, 9.17) is 9.83 Å². The van der Waals surface area contributed by atoms with Gasteiger partial charge in [0.2, 0.25) is 0 Å². The fourth-order valence-corrected chi connectivity index (χ4v) is 0.766. The number of rotatable bonds is 2. The smallest absolute Gasteiger partial charge is 0.147 e. The summed E-state index contributed by atoms with van der Waals surface area (Å²) >= 11 is 0. The Bertz CT molecular complexity index is 202. The first-order valence-corrected chi connectivity index (χ1v) is 2.95. The molecular weight excluding hydrogens is 114 g/mol. The van der Waals surface area contributed by atoms with Crippen LogP contribution in [0.15, 0.2) is 16.7 Å². The van der Waals surface area contributed by atoms with Gasteiger partial charge in [-0.3, -0.25) is 0 Å². The predicted octanol–water partition coefficient (Wildman–Crippen LogP) is 1.84. The largest absolute Gasteiger partial charge is 0.463 e. The van der Waals surface area contributed by atoms with E-state index in [1.807, 2.05) is 13.0 Å². The van der Waals surface area contributed by atoms with Crippen LogP contribution >= 0.6 is 0 Å². The summed E-state index contributed by atoms with van der Waals surface area (Å²) < 4.78 is 4.96. The van der Waals surface area contributed by atoms with Crippen LogP contribution in [0.4, 0.5) is 0 Å². The van der Waals surface area contributed by atoms with Crippen molar-refractivity contribution >= 4 is 6.21 Å². The average molecular weight is 123 g/mol. The highest BCUT2D eigenvalue weighted by atomic mass is 16.3.